The molecular weight excluding hydrogens is 200 g/mol. The van der Waals surface area contributed by atoms with Crippen LogP contribution in [0.4, 0.5) is 0 Å². The molecule has 1 fully saturated rings. The predicted molar refractivity (Wildman–Crippen MR) is 64.9 cm³/mol. The van der Waals surface area contributed by atoms with Gasteiger partial charge in [-0.05, 0) is 45.4 Å². The van der Waals surface area contributed by atoms with Gasteiger partial charge >= 0.3 is 0 Å². The highest BCUT2D eigenvalue weighted by Crippen LogP contribution is 2.32. The third kappa shape index (κ3) is 3.77. The monoisotopic (exact) mass is 224 g/mol. The van der Waals surface area contributed by atoms with E-state index in [1.165, 1.54) is 0 Å². The molecule has 1 rings (SSSR count). The van der Waals surface area contributed by atoms with Gasteiger partial charge in [-0.2, -0.15) is 5.26 Å². The highest BCUT2D eigenvalue weighted by molar-refractivity contribution is 4.90. The molecule has 1 aliphatic rings. The van der Waals surface area contributed by atoms with E-state index in [0.29, 0.717) is 19.1 Å². The van der Waals surface area contributed by atoms with Gasteiger partial charge in [-0.1, -0.05) is 6.92 Å². The Hall–Kier alpha value is -0.590. The van der Waals surface area contributed by atoms with Crippen LogP contribution in [-0.2, 0) is 0 Å². The van der Waals surface area contributed by atoms with Gasteiger partial charge in [0.2, 0.25) is 0 Å². The SMILES string of the molecule is CC1CCC(O)(CN(CC#N)C(C)C)CC1. The topological polar surface area (TPSA) is 47.3 Å². The molecule has 0 unspecified atom stereocenters. The van der Waals surface area contributed by atoms with Gasteiger partial charge in [0, 0.05) is 12.6 Å². The summed E-state index contributed by atoms with van der Waals surface area (Å²) < 4.78 is 0. The van der Waals surface area contributed by atoms with Crippen LogP contribution in [0.1, 0.15) is 46.5 Å². The molecule has 3 heteroatoms. The maximum absolute atomic E-state index is 10.5. The zero-order chi connectivity index (χ0) is 12.2. The van der Waals surface area contributed by atoms with Crippen molar-refractivity contribution < 1.29 is 5.11 Å². The average Bonchev–Trinajstić information content (AvgIpc) is 2.22. The Labute approximate surface area is 99.1 Å². The predicted octanol–water partition coefficient (Wildman–Crippen LogP) is 2.16. The van der Waals surface area contributed by atoms with Gasteiger partial charge < -0.3 is 5.11 Å². The Morgan fingerprint density at radius 2 is 2.00 bits per heavy atom. The van der Waals surface area contributed by atoms with E-state index in [2.05, 4.69) is 31.7 Å². The first kappa shape index (κ1) is 13.5. The fourth-order valence-electron chi connectivity index (χ4n) is 2.35. The van der Waals surface area contributed by atoms with E-state index >= 15 is 0 Å². The van der Waals surface area contributed by atoms with Gasteiger partial charge in [-0.3, -0.25) is 4.90 Å². The highest BCUT2D eigenvalue weighted by Gasteiger charge is 2.33. The van der Waals surface area contributed by atoms with Gasteiger partial charge in [-0.15, -0.1) is 0 Å². The van der Waals surface area contributed by atoms with Crippen LogP contribution in [0.2, 0.25) is 0 Å². The fraction of sp³-hybridized carbons (Fsp3) is 0.923. The number of aliphatic hydroxyl groups is 1. The van der Waals surface area contributed by atoms with E-state index in [1.807, 2.05) is 0 Å². The number of rotatable bonds is 4. The first-order valence-electron chi connectivity index (χ1n) is 6.30. The van der Waals surface area contributed by atoms with Gasteiger partial charge in [0.1, 0.15) is 0 Å². The second-order valence-corrected chi connectivity index (χ2v) is 5.56. The number of nitriles is 1. The van der Waals surface area contributed by atoms with E-state index in [1.54, 1.807) is 0 Å². The lowest BCUT2D eigenvalue weighted by Crippen LogP contribution is -2.47. The van der Waals surface area contributed by atoms with Crippen LogP contribution in [0.5, 0.6) is 0 Å². The summed E-state index contributed by atoms with van der Waals surface area (Å²) in [6.45, 7) is 7.45. The molecule has 3 nitrogen and oxygen atoms in total. The van der Waals surface area contributed by atoms with Crippen LogP contribution in [0.15, 0.2) is 0 Å². The van der Waals surface area contributed by atoms with Gasteiger partial charge in [0.15, 0.2) is 0 Å². The Morgan fingerprint density at radius 1 is 1.44 bits per heavy atom. The molecule has 0 bridgehead atoms. The Balaban J connectivity index is 2.53. The molecule has 0 aromatic heterocycles. The third-order valence-corrected chi connectivity index (χ3v) is 3.71. The summed E-state index contributed by atoms with van der Waals surface area (Å²) in [5, 5.41) is 19.3. The lowest BCUT2D eigenvalue weighted by Gasteiger charge is -2.39. The van der Waals surface area contributed by atoms with Crippen LogP contribution in [0, 0.1) is 17.2 Å². The van der Waals surface area contributed by atoms with Crippen molar-refractivity contribution in [1.29, 1.82) is 5.26 Å². The zero-order valence-electron chi connectivity index (χ0n) is 10.7. The molecule has 0 saturated heterocycles. The van der Waals surface area contributed by atoms with Crippen molar-refractivity contribution in [2.45, 2.75) is 58.1 Å². The molecule has 0 radical (unpaired) electrons. The molecular formula is C13H24N2O. The third-order valence-electron chi connectivity index (χ3n) is 3.71. The van der Waals surface area contributed by atoms with E-state index in [0.717, 1.165) is 31.6 Å². The molecule has 0 amide bonds. The summed E-state index contributed by atoms with van der Waals surface area (Å²) in [5.74, 6) is 0.740. The summed E-state index contributed by atoms with van der Waals surface area (Å²) in [4.78, 5) is 2.07. The number of hydrogen-bond acceptors (Lipinski definition) is 3. The first-order chi connectivity index (χ1) is 7.47. The molecule has 0 atom stereocenters. The molecule has 0 aromatic carbocycles. The van der Waals surface area contributed by atoms with Crippen LogP contribution < -0.4 is 0 Å². The maximum Gasteiger partial charge on any atom is 0.0869 e. The van der Waals surface area contributed by atoms with Gasteiger partial charge in [-0.25, -0.2) is 0 Å². The fourth-order valence-corrected chi connectivity index (χ4v) is 2.35. The zero-order valence-corrected chi connectivity index (χ0v) is 10.7. The quantitative estimate of drug-likeness (QED) is 0.744. The summed E-state index contributed by atoms with van der Waals surface area (Å²) in [6, 6.07) is 2.50. The smallest absolute Gasteiger partial charge is 0.0869 e. The van der Waals surface area contributed by atoms with Crippen LogP contribution in [0.3, 0.4) is 0 Å². The van der Waals surface area contributed by atoms with Crippen LogP contribution >= 0.6 is 0 Å². The molecule has 16 heavy (non-hydrogen) atoms. The minimum absolute atomic E-state index is 0.322. The summed E-state index contributed by atoms with van der Waals surface area (Å²) in [6.07, 6.45) is 3.97. The van der Waals surface area contributed by atoms with Crippen molar-refractivity contribution in [3.8, 4) is 6.07 Å². The molecule has 1 saturated carbocycles. The molecule has 1 aliphatic carbocycles. The van der Waals surface area contributed by atoms with Gasteiger partial charge in [0.25, 0.3) is 0 Å². The molecule has 0 aliphatic heterocycles. The van der Waals surface area contributed by atoms with Crippen molar-refractivity contribution in [2.75, 3.05) is 13.1 Å². The van der Waals surface area contributed by atoms with Crippen molar-refractivity contribution in [3.05, 3.63) is 0 Å². The van der Waals surface area contributed by atoms with Crippen molar-refractivity contribution in [1.82, 2.24) is 4.90 Å². The van der Waals surface area contributed by atoms with E-state index in [-0.39, 0.29) is 0 Å². The van der Waals surface area contributed by atoms with E-state index < -0.39 is 5.60 Å². The lowest BCUT2D eigenvalue weighted by molar-refractivity contribution is -0.0382. The maximum atomic E-state index is 10.5. The summed E-state index contributed by atoms with van der Waals surface area (Å²) in [7, 11) is 0. The molecule has 0 heterocycles. The van der Waals surface area contributed by atoms with E-state index in [4.69, 9.17) is 5.26 Å². The minimum Gasteiger partial charge on any atom is -0.389 e. The minimum atomic E-state index is -0.562. The van der Waals surface area contributed by atoms with Crippen molar-refractivity contribution in [3.63, 3.8) is 0 Å². The van der Waals surface area contributed by atoms with Gasteiger partial charge in [0.05, 0.1) is 18.2 Å². The van der Waals surface area contributed by atoms with Crippen LogP contribution in [0.25, 0.3) is 0 Å². The highest BCUT2D eigenvalue weighted by atomic mass is 16.3. The Kier molecular flexibility index (Phi) is 4.76. The molecule has 1 N–H and O–H groups in total. The number of nitrogens with zero attached hydrogens (tertiary/aromatic N) is 2. The second kappa shape index (κ2) is 5.65. The molecule has 0 aromatic rings. The van der Waals surface area contributed by atoms with Crippen LogP contribution in [-0.4, -0.2) is 34.7 Å². The largest absolute Gasteiger partial charge is 0.389 e. The standard InChI is InChI=1S/C13H24N2O/c1-11(2)15(9-8-14)10-13(16)6-4-12(3)5-7-13/h11-12,16H,4-7,9-10H2,1-3H3. The Bertz CT molecular complexity index is 249. The summed E-state index contributed by atoms with van der Waals surface area (Å²) in [5.41, 5.74) is -0.562. The summed E-state index contributed by atoms with van der Waals surface area (Å²) >= 11 is 0. The number of hydrogen-bond donors (Lipinski definition) is 1. The Morgan fingerprint density at radius 3 is 2.44 bits per heavy atom. The van der Waals surface area contributed by atoms with Crippen molar-refractivity contribution in [2.24, 2.45) is 5.92 Å². The average molecular weight is 224 g/mol. The lowest BCUT2D eigenvalue weighted by atomic mass is 9.79. The normalized spacial score (nSPS) is 30.7. The first-order valence-corrected chi connectivity index (χ1v) is 6.30. The second-order valence-electron chi connectivity index (χ2n) is 5.56. The van der Waals surface area contributed by atoms with E-state index in [9.17, 15) is 5.11 Å². The molecule has 0 spiro atoms. The van der Waals surface area contributed by atoms with Crippen molar-refractivity contribution >= 4 is 0 Å². The molecule has 92 valence electrons.